The second-order valence-electron chi connectivity index (χ2n) is 4.57. The first kappa shape index (κ1) is 9.29. The molecular weight excluding hydrogens is 206 g/mol. The van der Waals surface area contributed by atoms with Crippen LogP contribution >= 0.6 is 11.6 Å². The molecule has 0 spiro atoms. The van der Waals surface area contributed by atoms with Crippen LogP contribution in [-0.4, -0.2) is 4.40 Å². The number of fused-ring (bicyclic) bond motifs is 1. The molecule has 2 aromatic heterocycles. The van der Waals surface area contributed by atoms with Crippen molar-refractivity contribution in [1.29, 1.82) is 0 Å². The highest BCUT2D eigenvalue weighted by Gasteiger charge is 2.42. The van der Waals surface area contributed by atoms with Gasteiger partial charge in [0.15, 0.2) is 0 Å². The third-order valence-electron chi connectivity index (χ3n) is 3.44. The fourth-order valence-electron chi connectivity index (χ4n) is 2.31. The van der Waals surface area contributed by atoms with Gasteiger partial charge in [0, 0.05) is 17.9 Å². The standard InChI is InChI=1S/C13H14ClN/c1-13(14,10-5-6-10)11-7-9-15-8-3-2-4-12(11)15/h2-4,7-10H,5-6H2,1H3. The molecule has 1 saturated carbocycles. The maximum absolute atomic E-state index is 6.67. The lowest BCUT2D eigenvalue weighted by molar-refractivity contribution is 0.591. The van der Waals surface area contributed by atoms with Crippen LogP contribution in [0.1, 0.15) is 25.3 Å². The van der Waals surface area contributed by atoms with Crippen LogP contribution in [0.3, 0.4) is 0 Å². The van der Waals surface area contributed by atoms with Gasteiger partial charge in [0.05, 0.1) is 4.87 Å². The van der Waals surface area contributed by atoms with Gasteiger partial charge in [-0.15, -0.1) is 11.6 Å². The van der Waals surface area contributed by atoms with Crippen molar-refractivity contribution in [2.24, 2.45) is 5.92 Å². The van der Waals surface area contributed by atoms with E-state index in [1.54, 1.807) is 0 Å². The van der Waals surface area contributed by atoms with E-state index < -0.39 is 0 Å². The summed E-state index contributed by atoms with van der Waals surface area (Å²) in [7, 11) is 0. The second-order valence-corrected chi connectivity index (χ2v) is 5.36. The van der Waals surface area contributed by atoms with E-state index in [0.717, 1.165) is 0 Å². The summed E-state index contributed by atoms with van der Waals surface area (Å²) in [4.78, 5) is -0.184. The van der Waals surface area contributed by atoms with Crippen LogP contribution in [0.25, 0.3) is 5.52 Å². The second kappa shape index (κ2) is 3.02. The molecule has 2 aromatic rings. The summed E-state index contributed by atoms with van der Waals surface area (Å²) in [6.07, 6.45) is 6.70. The molecule has 2 heterocycles. The van der Waals surface area contributed by atoms with Crippen molar-refractivity contribution < 1.29 is 0 Å². The fraction of sp³-hybridized carbons (Fsp3) is 0.385. The molecule has 0 aliphatic heterocycles. The van der Waals surface area contributed by atoms with E-state index in [9.17, 15) is 0 Å². The third-order valence-corrected chi connectivity index (χ3v) is 3.95. The largest absolute Gasteiger partial charge is 0.324 e. The van der Waals surface area contributed by atoms with Gasteiger partial charge in [-0.3, -0.25) is 0 Å². The highest BCUT2D eigenvalue weighted by molar-refractivity contribution is 6.24. The Balaban J connectivity index is 2.18. The van der Waals surface area contributed by atoms with E-state index in [1.807, 2.05) is 6.07 Å². The molecule has 1 atom stereocenters. The molecule has 1 nitrogen and oxygen atoms in total. The van der Waals surface area contributed by atoms with E-state index in [2.05, 4.69) is 41.9 Å². The molecular formula is C13H14ClN. The summed E-state index contributed by atoms with van der Waals surface area (Å²) < 4.78 is 2.14. The van der Waals surface area contributed by atoms with Crippen molar-refractivity contribution in [2.45, 2.75) is 24.6 Å². The molecule has 0 aromatic carbocycles. The summed E-state index contributed by atoms with van der Waals surface area (Å²) >= 11 is 6.67. The van der Waals surface area contributed by atoms with Crippen LogP contribution in [0.4, 0.5) is 0 Å². The summed E-state index contributed by atoms with van der Waals surface area (Å²) in [6.45, 7) is 2.15. The minimum atomic E-state index is -0.184. The maximum atomic E-state index is 6.67. The molecule has 1 aliphatic carbocycles. The van der Waals surface area contributed by atoms with Gasteiger partial charge in [-0.05, 0) is 49.4 Å². The molecule has 0 saturated heterocycles. The predicted molar refractivity (Wildman–Crippen MR) is 63.3 cm³/mol. The van der Waals surface area contributed by atoms with Crippen molar-refractivity contribution in [1.82, 2.24) is 4.40 Å². The Morgan fingerprint density at radius 3 is 2.80 bits per heavy atom. The Morgan fingerprint density at radius 1 is 1.27 bits per heavy atom. The predicted octanol–water partition coefficient (Wildman–Crippen LogP) is 3.80. The first-order chi connectivity index (χ1) is 7.19. The molecule has 3 rings (SSSR count). The van der Waals surface area contributed by atoms with Gasteiger partial charge < -0.3 is 4.40 Å². The van der Waals surface area contributed by atoms with Crippen LogP contribution in [-0.2, 0) is 4.87 Å². The van der Waals surface area contributed by atoms with E-state index in [4.69, 9.17) is 11.6 Å². The van der Waals surface area contributed by atoms with Gasteiger partial charge in [0.25, 0.3) is 0 Å². The number of aromatic nitrogens is 1. The van der Waals surface area contributed by atoms with E-state index >= 15 is 0 Å². The SMILES string of the molecule is CC(Cl)(c1ccn2ccccc12)C1CC1. The molecule has 1 fully saturated rings. The summed E-state index contributed by atoms with van der Waals surface area (Å²) in [5.74, 6) is 0.658. The van der Waals surface area contributed by atoms with Crippen molar-refractivity contribution in [3.05, 3.63) is 42.2 Å². The summed E-state index contributed by atoms with van der Waals surface area (Å²) in [5, 5.41) is 0. The average Bonchev–Trinajstić information content (AvgIpc) is 2.98. The number of hydrogen-bond donors (Lipinski definition) is 0. The minimum Gasteiger partial charge on any atom is -0.324 e. The van der Waals surface area contributed by atoms with E-state index in [-0.39, 0.29) is 4.87 Å². The van der Waals surface area contributed by atoms with Gasteiger partial charge in [0.2, 0.25) is 0 Å². The fourth-order valence-corrected chi connectivity index (χ4v) is 2.69. The molecule has 15 heavy (non-hydrogen) atoms. The molecule has 1 aliphatic rings. The normalized spacial score (nSPS) is 20.4. The summed E-state index contributed by atoms with van der Waals surface area (Å²) in [6, 6.07) is 8.40. The van der Waals surface area contributed by atoms with Crippen LogP contribution in [0.15, 0.2) is 36.7 Å². The van der Waals surface area contributed by atoms with Crippen LogP contribution in [0, 0.1) is 5.92 Å². The van der Waals surface area contributed by atoms with Crippen molar-refractivity contribution in [3.63, 3.8) is 0 Å². The molecule has 0 bridgehead atoms. The van der Waals surface area contributed by atoms with E-state index in [0.29, 0.717) is 5.92 Å². The molecule has 1 unspecified atom stereocenters. The summed E-state index contributed by atoms with van der Waals surface area (Å²) in [5.41, 5.74) is 2.51. The lowest BCUT2D eigenvalue weighted by Gasteiger charge is -2.21. The molecule has 2 heteroatoms. The monoisotopic (exact) mass is 219 g/mol. The van der Waals surface area contributed by atoms with Crippen LogP contribution in [0.5, 0.6) is 0 Å². The van der Waals surface area contributed by atoms with Crippen LogP contribution in [0.2, 0.25) is 0 Å². The Bertz CT molecular complexity index is 494. The maximum Gasteiger partial charge on any atom is 0.0715 e. The molecule has 0 radical (unpaired) electrons. The third kappa shape index (κ3) is 1.37. The Hall–Kier alpha value is -0.950. The zero-order valence-corrected chi connectivity index (χ0v) is 9.54. The highest BCUT2D eigenvalue weighted by atomic mass is 35.5. The van der Waals surface area contributed by atoms with Gasteiger partial charge in [-0.25, -0.2) is 0 Å². The number of alkyl halides is 1. The number of nitrogens with zero attached hydrogens (tertiary/aromatic N) is 1. The van der Waals surface area contributed by atoms with Gasteiger partial charge >= 0.3 is 0 Å². The molecule has 78 valence electrons. The zero-order chi connectivity index (χ0) is 10.5. The Morgan fingerprint density at radius 2 is 2.07 bits per heavy atom. The van der Waals surface area contributed by atoms with Crippen LogP contribution < -0.4 is 0 Å². The molecule has 0 amide bonds. The number of hydrogen-bond acceptors (Lipinski definition) is 0. The van der Waals surface area contributed by atoms with Crippen molar-refractivity contribution in [3.8, 4) is 0 Å². The van der Waals surface area contributed by atoms with Gasteiger partial charge in [-0.2, -0.15) is 0 Å². The average molecular weight is 220 g/mol. The van der Waals surface area contributed by atoms with Gasteiger partial charge in [0.1, 0.15) is 0 Å². The zero-order valence-electron chi connectivity index (χ0n) is 8.78. The van der Waals surface area contributed by atoms with Crippen molar-refractivity contribution in [2.75, 3.05) is 0 Å². The Labute approximate surface area is 94.7 Å². The lowest BCUT2D eigenvalue weighted by atomic mass is 9.96. The number of pyridine rings is 1. The first-order valence-electron chi connectivity index (χ1n) is 5.44. The first-order valence-corrected chi connectivity index (χ1v) is 5.82. The Kier molecular flexibility index (Phi) is 1.87. The topological polar surface area (TPSA) is 4.41 Å². The number of halogens is 1. The minimum absolute atomic E-state index is 0.184. The lowest BCUT2D eigenvalue weighted by Crippen LogP contribution is -2.15. The highest BCUT2D eigenvalue weighted by Crippen LogP contribution is 2.51. The quantitative estimate of drug-likeness (QED) is 0.677. The van der Waals surface area contributed by atoms with Gasteiger partial charge in [-0.1, -0.05) is 6.07 Å². The van der Waals surface area contributed by atoms with Crippen molar-refractivity contribution >= 4 is 17.1 Å². The van der Waals surface area contributed by atoms with E-state index in [1.165, 1.54) is 23.9 Å². The number of rotatable bonds is 2. The smallest absolute Gasteiger partial charge is 0.0715 e. The molecule has 0 N–H and O–H groups in total.